The first-order valence-corrected chi connectivity index (χ1v) is 4.84. The monoisotopic (exact) mass is 185 g/mol. The molecular formula is C9H19N3O. The Morgan fingerprint density at radius 2 is 2.38 bits per heavy atom. The first-order chi connectivity index (χ1) is 6.20. The first kappa shape index (κ1) is 10.5. The van der Waals surface area contributed by atoms with Gasteiger partial charge in [0.25, 0.3) is 0 Å². The van der Waals surface area contributed by atoms with Gasteiger partial charge in [0.1, 0.15) is 0 Å². The van der Waals surface area contributed by atoms with Crippen molar-refractivity contribution in [2.24, 2.45) is 0 Å². The van der Waals surface area contributed by atoms with Crippen molar-refractivity contribution in [2.45, 2.75) is 18.9 Å². The molecule has 0 bridgehead atoms. The molecule has 0 radical (unpaired) electrons. The van der Waals surface area contributed by atoms with Gasteiger partial charge in [-0.15, -0.1) is 0 Å². The second-order valence-corrected chi connectivity index (χ2v) is 3.68. The molecule has 0 spiro atoms. The summed E-state index contributed by atoms with van der Waals surface area (Å²) in [5, 5.41) is 6.63. The summed E-state index contributed by atoms with van der Waals surface area (Å²) in [4.78, 5) is 12.8. The summed E-state index contributed by atoms with van der Waals surface area (Å²) in [6.45, 7) is 2.93. The highest BCUT2D eigenvalue weighted by molar-refractivity contribution is 5.75. The average molecular weight is 185 g/mol. The summed E-state index contributed by atoms with van der Waals surface area (Å²) in [6.07, 6.45) is 1.78. The fourth-order valence-corrected chi connectivity index (χ4v) is 1.44. The van der Waals surface area contributed by atoms with Crippen LogP contribution in [0.25, 0.3) is 0 Å². The zero-order valence-electron chi connectivity index (χ0n) is 8.47. The summed E-state index contributed by atoms with van der Waals surface area (Å²) >= 11 is 0. The van der Waals surface area contributed by atoms with Crippen LogP contribution in [0.5, 0.6) is 0 Å². The highest BCUT2D eigenvalue weighted by Gasteiger charge is 2.13. The number of amides is 1. The van der Waals surface area contributed by atoms with E-state index in [1.165, 1.54) is 6.42 Å². The Balaban J connectivity index is 2.03. The summed E-state index contributed by atoms with van der Waals surface area (Å²) in [5.41, 5.74) is 0. The third-order valence-electron chi connectivity index (χ3n) is 2.33. The maximum absolute atomic E-state index is 11.2. The molecule has 4 heteroatoms. The van der Waals surface area contributed by atoms with Gasteiger partial charge in [-0.2, -0.15) is 0 Å². The topological polar surface area (TPSA) is 44.4 Å². The number of rotatable bonds is 4. The predicted octanol–water partition coefficient (Wildman–Crippen LogP) is -0.584. The highest BCUT2D eigenvalue weighted by Crippen LogP contribution is 1.96. The fraction of sp³-hybridized carbons (Fsp3) is 0.889. The van der Waals surface area contributed by atoms with Gasteiger partial charge in [0, 0.05) is 39.6 Å². The Hall–Kier alpha value is -0.610. The lowest BCUT2D eigenvalue weighted by Crippen LogP contribution is -2.34. The lowest BCUT2D eigenvalue weighted by molar-refractivity contribution is -0.128. The SMILES string of the molecule is CN(C)C(=O)CCNC1CCNC1. The normalized spacial score (nSPS) is 21.8. The van der Waals surface area contributed by atoms with Gasteiger partial charge < -0.3 is 15.5 Å². The molecule has 1 fully saturated rings. The molecule has 1 aliphatic heterocycles. The van der Waals surface area contributed by atoms with Crippen LogP contribution in [0.1, 0.15) is 12.8 Å². The van der Waals surface area contributed by atoms with E-state index >= 15 is 0 Å². The second kappa shape index (κ2) is 5.19. The highest BCUT2D eigenvalue weighted by atomic mass is 16.2. The lowest BCUT2D eigenvalue weighted by Gasteiger charge is -2.13. The van der Waals surface area contributed by atoms with Gasteiger partial charge in [-0.25, -0.2) is 0 Å². The maximum Gasteiger partial charge on any atom is 0.223 e. The summed E-state index contributed by atoms with van der Waals surface area (Å²) in [5.74, 6) is 0.193. The van der Waals surface area contributed by atoms with Gasteiger partial charge >= 0.3 is 0 Å². The number of nitrogens with zero attached hydrogens (tertiary/aromatic N) is 1. The summed E-state index contributed by atoms with van der Waals surface area (Å²) < 4.78 is 0. The molecule has 0 aromatic heterocycles. The average Bonchev–Trinajstić information content (AvgIpc) is 2.56. The molecule has 2 N–H and O–H groups in total. The molecule has 1 aliphatic rings. The number of hydrogen-bond donors (Lipinski definition) is 2. The Bertz CT molecular complexity index is 164. The van der Waals surface area contributed by atoms with Crippen molar-refractivity contribution in [3.05, 3.63) is 0 Å². The van der Waals surface area contributed by atoms with Gasteiger partial charge in [-0.05, 0) is 13.0 Å². The van der Waals surface area contributed by atoms with Gasteiger partial charge in [-0.1, -0.05) is 0 Å². The van der Waals surface area contributed by atoms with Gasteiger partial charge in [-0.3, -0.25) is 4.79 Å². The number of nitrogens with one attached hydrogen (secondary N) is 2. The minimum Gasteiger partial charge on any atom is -0.349 e. The molecule has 76 valence electrons. The Kier molecular flexibility index (Phi) is 4.18. The van der Waals surface area contributed by atoms with Crippen LogP contribution in [0.15, 0.2) is 0 Å². The Morgan fingerprint density at radius 3 is 2.92 bits per heavy atom. The molecule has 0 aromatic carbocycles. The Morgan fingerprint density at radius 1 is 1.62 bits per heavy atom. The van der Waals surface area contributed by atoms with Crippen molar-refractivity contribution in [1.82, 2.24) is 15.5 Å². The molecule has 0 saturated carbocycles. The van der Waals surface area contributed by atoms with Gasteiger partial charge in [0.2, 0.25) is 5.91 Å². The van der Waals surface area contributed by atoms with E-state index in [1.54, 1.807) is 19.0 Å². The van der Waals surface area contributed by atoms with Crippen LogP contribution < -0.4 is 10.6 Å². The van der Waals surface area contributed by atoms with Crippen LogP contribution in [-0.4, -0.2) is 50.6 Å². The maximum atomic E-state index is 11.2. The van der Waals surface area contributed by atoms with E-state index in [0.717, 1.165) is 19.6 Å². The zero-order chi connectivity index (χ0) is 9.68. The van der Waals surface area contributed by atoms with Crippen molar-refractivity contribution in [3.63, 3.8) is 0 Å². The Labute approximate surface area is 79.7 Å². The van der Waals surface area contributed by atoms with Crippen LogP contribution in [0.4, 0.5) is 0 Å². The van der Waals surface area contributed by atoms with E-state index in [0.29, 0.717) is 12.5 Å². The van der Waals surface area contributed by atoms with E-state index in [4.69, 9.17) is 0 Å². The third-order valence-corrected chi connectivity index (χ3v) is 2.33. The molecule has 4 nitrogen and oxygen atoms in total. The molecule has 1 heterocycles. The molecule has 1 atom stereocenters. The van der Waals surface area contributed by atoms with Crippen molar-refractivity contribution < 1.29 is 4.79 Å². The van der Waals surface area contributed by atoms with Crippen molar-refractivity contribution in [2.75, 3.05) is 33.7 Å². The number of carbonyl (C=O) groups excluding carboxylic acids is 1. The van der Waals surface area contributed by atoms with Crippen LogP contribution >= 0.6 is 0 Å². The first-order valence-electron chi connectivity index (χ1n) is 4.84. The molecule has 1 saturated heterocycles. The molecule has 1 amide bonds. The summed E-state index contributed by atoms with van der Waals surface area (Å²) in [7, 11) is 3.58. The van der Waals surface area contributed by atoms with Crippen LogP contribution in [0.3, 0.4) is 0 Å². The molecular weight excluding hydrogens is 166 g/mol. The van der Waals surface area contributed by atoms with Gasteiger partial charge in [0.15, 0.2) is 0 Å². The van der Waals surface area contributed by atoms with E-state index in [1.807, 2.05) is 0 Å². The molecule has 1 rings (SSSR count). The third kappa shape index (κ3) is 3.74. The lowest BCUT2D eigenvalue weighted by atomic mass is 10.2. The quantitative estimate of drug-likeness (QED) is 0.615. The van der Waals surface area contributed by atoms with E-state index < -0.39 is 0 Å². The van der Waals surface area contributed by atoms with Crippen molar-refractivity contribution in [3.8, 4) is 0 Å². The number of carbonyl (C=O) groups is 1. The van der Waals surface area contributed by atoms with Crippen molar-refractivity contribution >= 4 is 5.91 Å². The molecule has 0 aliphatic carbocycles. The second-order valence-electron chi connectivity index (χ2n) is 3.68. The smallest absolute Gasteiger partial charge is 0.223 e. The minimum atomic E-state index is 0.193. The standard InChI is InChI=1S/C9H19N3O/c1-12(2)9(13)4-6-11-8-3-5-10-7-8/h8,10-11H,3-7H2,1-2H3. The van der Waals surface area contributed by atoms with Gasteiger partial charge in [0.05, 0.1) is 0 Å². The molecule has 0 aromatic rings. The van der Waals surface area contributed by atoms with Crippen molar-refractivity contribution in [1.29, 1.82) is 0 Å². The number of hydrogen-bond acceptors (Lipinski definition) is 3. The van der Waals surface area contributed by atoms with Crippen LogP contribution in [-0.2, 0) is 4.79 Å². The molecule has 13 heavy (non-hydrogen) atoms. The van der Waals surface area contributed by atoms with E-state index in [-0.39, 0.29) is 5.91 Å². The minimum absolute atomic E-state index is 0.193. The fourth-order valence-electron chi connectivity index (χ4n) is 1.44. The van der Waals surface area contributed by atoms with E-state index in [2.05, 4.69) is 10.6 Å². The van der Waals surface area contributed by atoms with Crippen LogP contribution in [0.2, 0.25) is 0 Å². The summed E-state index contributed by atoms with van der Waals surface area (Å²) in [6, 6.07) is 0.565. The largest absolute Gasteiger partial charge is 0.349 e. The van der Waals surface area contributed by atoms with E-state index in [9.17, 15) is 4.79 Å². The molecule has 1 unspecified atom stereocenters. The predicted molar refractivity (Wildman–Crippen MR) is 52.6 cm³/mol. The zero-order valence-corrected chi connectivity index (χ0v) is 8.47. The van der Waals surface area contributed by atoms with Crippen LogP contribution in [0, 0.1) is 0 Å².